The van der Waals surface area contributed by atoms with E-state index in [2.05, 4.69) is 17.6 Å². The van der Waals surface area contributed by atoms with Crippen LogP contribution in [-0.2, 0) is 11.2 Å². The van der Waals surface area contributed by atoms with Gasteiger partial charge >= 0.3 is 0 Å². The van der Waals surface area contributed by atoms with Gasteiger partial charge in [-0.05, 0) is 43.2 Å². The molecule has 0 saturated carbocycles. The van der Waals surface area contributed by atoms with Gasteiger partial charge < -0.3 is 10.6 Å². The minimum absolute atomic E-state index is 0.192. The first-order chi connectivity index (χ1) is 10.1. The maximum Gasteiger partial charge on any atom is 0.246 e. The largest absolute Gasteiger partial charge is 0.374 e. The van der Waals surface area contributed by atoms with E-state index in [4.69, 9.17) is 0 Å². The second-order valence-electron chi connectivity index (χ2n) is 4.89. The third-order valence-corrected chi connectivity index (χ3v) is 3.27. The first-order valence-corrected chi connectivity index (χ1v) is 7.01. The number of para-hydroxylation sites is 1. The van der Waals surface area contributed by atoms with Crippen LogP contribution in [0.5, 0.6) is 0 Å². The fourth-order valence-corrected chi connectivity index (χ4v) is 1.96. The van der Waals surface area contributed by atoms with Crippen molar-refractivity contribution in [3.8, 4) is 0 Å². The predicted octanol–water partition coefficient (Wildman–Crippen LogP) is 3.83. The zero-order chi connectivity index (χ0) is 15.2. The molecule has 3 nitrogen and oxygen atoms in total. The van der Waals surface area contributed by atoms with Crippen LogP contribution in [0.4, 0.5) is 15.8 Å². The number of carbonyl (C=O) groups excluding carboxylic acids is 1. The number of benzene rings is 2. The number of anilines is 2. The number of rotatable bonds is 5. The molecule has 0 aliphatic carbocycles. The zero-order valence-electron chi connectivity index (χ0n) is 12.2. The lowest BCUT2D eigenvalue weighted by Crippen LogP contribution is -2.32. The molecule has 0 bridgehead atoms. The summed E-state index contributed by atoms with van der Waals surface area (Å²) < 4.78 is 13.5. The Hall–Kier alpha value is -2.36. The molecule has 2 aromatic rings. The predicted molar refractivity (Wildman–Crippen MR) is 83.9 cm³/mol. The topological polar surface area (TPSA) is 41.1 Å². The Balaban J connectivity index is 1.97. The van der Waals surface area contributed by atoms with Gasteiger partial charge in [0.05, 0.1) is 5.69 Å². The maximum absolute atomic E-state index is 13.5. The lowest BCUT2D eigenvalue weighted by molar-refractivity contribution is -0.116. The lowest BCUT2D eigenvalue weighted by Gasteiger charge is -2.15. The molecule has 0 heterocycles. The highest BCUT2D eigenvalue weighted by atomic mass is 19.1. The summed E-state index contributed by atoms with van der Waals surface area (Å²) in [6, 6.07) is 13.6. The van der Waals surface area contributed by atoms with Crippen LogP contribution in [0, 0.1) is 5.82 Å². The summed E-state index contributed by atoms with van der Waals surface area (Å²) >= 11 is 0. The molecule has 0 unspecified atom stereocenters. The van der Waals surface area contributed by atoms with Gasteiger partial charge in [0.15, 0.2) is 0 Å². The quantitative estimate of drug-likeness (QED) is 0.877. The van der Waals surface area contributed by atoms with Crippen LogP contribution in [0.25, 0.3) is 0 Å². The molecule has 0 aliphatic heterocycles. The first-order valence-electron chi connectivity index (χ1n) is 7.01. The van der Waals surface area contributed by atoms with Crippen molar-refractivity contribution in [1.29, 1.82) is 0 Å². The second kappa shape index (κ2) is 6.88. The average Bonchev–Trinajstić information content (AvgIpc) is 2.50. The van der Waals surface area contributed by atoms with Gasteiger partial charge in [-0.3, -0.25) is 4.79 Å². The smallest absolute Gasteiger partial charge is 0.246 e. The van der Waals surface area contributed by atoms with Crippen LogP contribution in [-0.4, -0.2) is 11.9 Å². The third-order valence-electron chi connectivity index (χ3n) is 3.27. The number of halogens is 1. The summed E-state index contributed by atoms with van der Waals surface area (Å²) in [4.78, 5) is 12.1. The number of nitrogens with one attached hydrogen (secondary N) is 2. The highest BCUT2D eigenvalue weighted by Gasteiger charge is 2.14. The monoisotopic (exact) mass is 286 g/mol. The van der Waals surface area contributed by atoms with Gasteiger partial charge in [-0.2, -0.15) is 0 Å². The molecule has 0 radical (unpaired) electrons. The van der Waals surface area contributed by atoms with Crippen molar-refractivity contribution in [2.24, 2.45) is 0 Å². The van der Waals surface area contributed by atoms with Crippen LogP contribution in [0.15, 0.2) is 48.5 Å². The van der Waals surface area contributed by atoms with Gasteiger partial charge in [-0.25, -0.2) is 4.39 Å². The minimum Gasteiger partial charge on any atom is -0.374 e. The van der Waals surface area contributed by atoms with Crippen molar-refractivity contribution in [2.75, 3.05) is 10.6 Å². The van der Waals surface area contributed by atoms with Crippen LogP contribution in [0.2, 0.25) is 0 Å². The number of carbonyl (C=O) groups is 1. The van der Waals surface area contributed by atoms with Crippen molar-refractivity contribution in [3.05, 3.63) is 59.9 Å². The van der Waals surface area contributed by atoms with Gasteiger partial charge in [0.25, 0.3) is 0 Å². The van der Waals surface area contributed by atoms with Crippen LogP contribution in [0.3, 0.4) is 0 Å². The van der Waals surface area contributed by atoms with E-state index in [1.54, 1.807) is 19.1 Å². The van der Waals surface area contributed by atoms with E-state index >= 15 is 0 Å². The Morgan fingerprint density at radius 3 is 2.43 bits per heavy atom. The third kappa shape index (κ3) is 4.05. The molecule has 1 atom stereocenters. The van der Waals surface area contributed by atoms with Gasteiger partial charge in [-0.1, -0.05) is 31.2 Å². The number of aryl methyl sites for hydroxylation is 1. The molecule has 0 aliphatic rings. The molecule has 0 aromatic heterocycles. The first kappa shape index (κ1) is 15.0. The SMILES string of the molecule is CCc1ccc(N[C@@H](C)C(=O)Nc2ccccc2F)cc1. The lowest BCUT2D eigenvalue weighted by atomic mass is 10.1. The molecule has 110 valence electrons. The second-order valence-corrected chi connectivity index (χ2v) is 4.89. The van der Waals surface area contributed by atoms with Crippen molar-refractivity contribution < 1.29 is 9.18 Å². The van der Waals surface area contributed by atoms with E-state index in [1.807, 2.05) is 24.3 Å². The number of amides is 1. The van der Waals surface area contributed by atoms with Gasteiger partial charge in [-0.15, -0.1) is 0 Å². The van der Waals surface area contributed by atoms with Gasteiger partial charge in [0, 0.05) is 5.69 Å². The molecule has 0 spiro atoms. The van der Waals surface area contributed by atoms with E-state index in [0.29, 0.717) is 0 Å². The van der Waals surface area contributed by atoms with E-state index in [1.165, 1.54) is 17.7 Å². The van der Waals surface area contributed by atoms with Crippen molar-refractivity contribution in [3.63, 3.8) is 0 Å². The van der Waals surface area contributed by atoms with Gasteiger partial charge in [0.2, 0.25) is 5.91 Å². The van der Waals surface area contributed by atoms with Crippen LogP contribution in [0.1, 0.15) is 19.4 Å². The molecule has 4 heteroatoms. The van der Waals surface area contributed by atoms with Crippen LogP contribution >= 0.6 is 0 Å². The summed E-state index contributed by atoms with van der Waals surface area (Å²) in [5.74, 6) is -0.718. The number of hydrogen-bond acceptors (Lipinski definition) is 2. The molecule has 0 saturated heterocycles. The highest BCUT2D eigenvalue weighted by molar-refractivity contribution is 5.96. The fraction of sp³-hybridized carbons (Fsp3) is 0.235. The Kier molecular flexibility index (Phi) is 4.93. The summed E-state index contributed by atoms with van der Waals surface area (Å²) in [7, 11) is 0. The normalized spacial score (nSPS) is 11.8. The molecule has 2 rings (SSSR count). The van der Waals surface area contributed by atoms with Crippen molar-refractivity contribution >= 4 is 17.3 Å². The van der Waals surface area contributed by atoms with E-state index in [0.717, 1.165) is 12.1 Å². The van der Waals surface area contributed by atoms with Gasteiger partial charge in [0.1, 0.15) is 11.9 Å². The standard InChI is InChI=1S/C17H19FN2O/c1-3-13-8-10-14(11-9-13)19-12(2)17(21)20-16-7-5-4-6-15(16)18/h4-12,19H,3H2,1-2H3,(H,20,21)/t12-/m0/s1. The summed E-state index contributed by atoms with van der Waals surface area (Å²) in [5.41, 5.74) is 2.30. The Bertz CT molecular complexity index is 610. The van der Waals surface area contributed by atoms with E-state index in [9.17, 15) is 9.18 Å². The average molecular weight is 286 g/mol. The summed E-state index contributed by atoms with van der Waals surface area (Å²) in [6.45, 7) is 3.83. The molecule has 21 heavy (non-hydrogen) atoms. The molecular formula is C17H19FN2O. The van der Waals surface area contributed by atoms with E-state index in [-0.39, 0.29) is 11.6 Å². The molecule has 2 aromatic carbocycles. The molecular weight excluding hydrogens is 267 g/mol. The maximum atomic E-state index is 13.5. The highest BCUT2D eigenvalue weighted by Crippen LogP contribution is 2.14. The minimum atomic E-state index is -0.461. The Morgan fingerprint density at radius 1 is 1.14 bits per heavy atom. The fourth-order valence-electron chi connectivity index (χ4n) is 1.96. The van der Waals surface area contributed by atoms with Crippen LogP contribution < -0.4 is 10.6 Å². The molecule has 0 fully saturated rings. The Labute approximate surface area is 124 Å². The van der Waals surface area contributed by atoms with Crippen molar-refractivity contribution in [2.45, 2.75) is 26.3 Å². The summed E-state index contributed by atoms with van der Waals surface area (Å²) in [6.07, 6.45) is 0.976. The summed E-state index contributed by atoms with van der Waals surface area (Å²) in [5, 5.41) is 5.67. The molecule has 1 amide bonds. The molecule has 2 N–H and O–H groups in total. The van der Waals surface area contributed by atoms with E-state index < -0.39 is 11.9 Å². The Morgan fingerprint density at radius 2 is 1.81 bits per heavy atom. The van der Waals surface area contributed by atoms with Crippen molar-refractivity contribution in [1.82, 2.24) is 0 Å². The number of hydrogen-bond donors (Lipinski definition) is 2. The zero-order valence-corrected chi connectivity index (χ0v) is 12.2.